The number of likely N-dealkylation sites (tertiary alicyclic amines) is 1. The quantitative estimate of drug-likeness (QED) is 0.837. The molecule has 6 nitrogen and oxygen atoms in total. The Bertz CT molecular complexity index is 462. The second-order valence-electron chi connectivity index (χ2n) is 4.75. The Morgan fingerprint density at radius 1 is 1.47 bits per heavy atom. The number of anilines is 1. The van der Waals surface area contributed by atoms with Crippen molar-refractivity contribution in [1.82, 2.24) is 20.2 Å². The fourth-order valence-corrected chi connectivity index (χ4v) is 2.52. The minimum atomic E-state index is 0.0784. The Morgan fingerprint density at radius 2 is 2.26 bits per heavy atom. The molecular weight excluding hydrogens is 242 g/mol. The van der Waals surface area contributed by atoms with Gasteiger partial charge >= 0.3 is 0 Å². The second-order valence-corrected chi connectivity index (χ2v) is 4.75. The molecule has 2 heterocycles. The van der Waals surface area contributed by atoms with Gasteiger partial charge in [0.1, 0.15) is 11.6 Å². The highest BCUT2D eigenvalue weighted by Gasteiger charge is 2.30. The Balaban J connectivity index is 2.24. The summed E-state index contributed by atoms with van der Waals surface area (Å²) in [4.78, 5) is 22.8. The smallest absolute Gasteiger partial charge is 0.237 e. The average Bonchev–Trinajstić information content (AvgIpc) is 2.87. The van der Waals surface area contributed by atoms with Crippen molar-refractivity contribution in [2.75, 3.05) is 32.5 Å². The van der Waals surface area contributed by atoms with E-state index in [2.05, 4.69) is 20.6 Å². The van der Waals surface area contributed by atoms with Crippen LogP contribution in [0.15, 0.2) is 6.07 Å². The zero-order valence-electron chi connectivity index (χ0n) is 11.7. The van der Waals surface area contributed by atoms with E-state index in [-0.39, 0.29) is 11.9 Å². The molecular formula is C13H21N5O. The third kappa shape index (κ3) is 3.01. The number of nitrogens with one attached hydrogen (secondary N) is 2. The number of aromatic nitrogens is 2. The van der Waals surface area contributed by atoms with E-state index < -0.39 is 0 Å². The van der Waals surface area contributed by atoms with Crippen molar-refractivity contribution in [3.8, 4) is 0 Å². The molecule has 1 aromatic rings. The maximum absolute atomic E-state index is 12.1. The fraction of sp³-hybridized carbons (Fsp3) is 0.615. The van der Waals surface area contributed by atoms with Crippen LogP contribution in [-0.4, -0.2) is 48.0 Å². The van der Waals surface area contributed by atoms with Crippen molar-refractivity contribution in [1.29, 1.82) is 0 Å². The summed E-state index contributed by atoms with van der Waals surface area (Å²) in [6.07, 6.45) is 1.99. The number of amides is 1. The molecule has 104 valence electrons. The second kappa shape index (κ2) is 5.97. The third-order valence-corrected chi connectivity index (χ3v) is 3.36. The molecule has 1 amide bonds. The van der Waals surface area contributed by atoms with Crippen LogP contribution in [0.1, 0.15) is 30.4 Å². The molecule has 1 saturated heterocycles. The lowest BCUT2D eigenvalue weighted by Gasteiger charge is -2.24. The van der Waals surface area contributed by atoms with Gasteiger partial charge in [-0.25, -0.2) is 9.97 Å². The first kappa shape index (κ1) is 13.7. The van der Waals surface area contributed by atoms with Crippen LogP contribution in [0.3, 0.4) is 0 Å². The van der Waals surface area contributed by atoms with Crippen LogP contribution < -0.4 is 10.6 Å². The molecule has 0 bridgehead atoms. The summed E-state index contributed by atoms with van der Waals surface area (Å²) in [6, 6.07) is 2.01. The van der Waals surface area contributed by atoms with Gasteiger partial charge in [0.15, 0.2) is 0 Å². The third-order valence-electron chi connectivity index (χ3n) is 3.36. The Labute approximate surface area is 113 Å². The van der Waals surface area contributed by atoms with Gasteiger partial charge < -0.3 is 15.5 Å². The predicted octanol–water partition coefficient (Wildman–Crippen LogP) is 0.710. The number of carbonyl (C=O) groups excluding carboxylic acids is 1. The Hall–Kier alpha value is -1.69. The topological polar surface area (TPSA) is 70.2 Å². The maximum Gasteiger partial charge on any atom is 0.237 e. The number of nitrogens with zero attached hydrogens (tertiary/aromatic N) is 3. The molecule has 19 heavy (non-hydrogen) atoms. The number of hydrogen-bond acceptors (Lipinski definition) is 5. The van der Waals surface area contributed by atoms with Gasteiger partial charge in [0, 0.05) is 19.7 Å². The number of carbonyl (C=O) groups is 1. The summed E-state index contributed by atoms with van der Waals surface area (Å²) in [6.45, 7) is 3.06. The largest absolute Gasteiger partial charge is 0.373 e. The average molecular weight is 263 g/mol. The van der Waals surface area contributed by atoms with E-state index in [1.807, 2.05) is 24.9 Å². The van der Waals surface area contributed by atoms with Gasteiger partial charge in [-0.3, -0.25) is 4.79 Å². The normalized spacial score (nSPS) is 18.7. The predicted molar refractivity (Wildman–Crippen MR) is 73.9 cm³/mol. The van der Waals surface area contributed by atoms with E-state index in [0.29, 0.717) is 6.54 Å². The number of aryl methyl sites for hydroxylation is 1. The Kier molecular flexibility index (Phi) is 4.31. The summed E-state index contributed by atoms with van der Waals surface area (Å²) in [5.41, 5.74) is 0.929. The summed E-state index contributed by atoms with van der Waals surface area (Å²) in [5.74, 6) is 1.66. The standard InChI is InChI=1S/C13H21N5O/c1-9-16-10(7-12(15-3)17-9)11-5-4-6-18(11)13(19)8-14-2/h7,11,14H,4-6,8H2,1-3H3,(H,15,16,17)/t11-/m0/s1. The van der Waals surface area contributed by atoms with Crippen molar-refractivity contribution >= 4 is 11.7 Å². The van der Waals surface area contributed by atoms with E-state index in [1.165, 1.54) is 0 Å². The molecule has 1 aliphatic heterocycles. The van der Waals surface area contributed by atoms with Crippen LogP contribution in [0.4, 0.5) is 5.82 Å². The summed E-state index contributed by atoms with van der Waals surface area (Å²) < 4.78 is 0. The van der Waals surface area contributed by atoms with Gasteiger partial charge in [0.25, 0.3) is 0 Å². The van der Waals surface area contributed by atoms with Crippen LogP contribution in [0, 0.1) is 6.92 Å². The maximum atomic E-state index is 12.1. The van der Waals surface area contributed by atoms with Gasteiger partial charge in [0.2, 0.25) is 5.91 Å². The molecule has 0 radical (unpaired) electrons. The molecule has 0 spiro atoms. The first-order valence-electron chi connectivity index (χ1n) is 6.63. The number of likely N-dealkylation sites (N-methyl/N-ethyl adjacent to an activating group) is 1. The molecule has 0 aromatic carbocycles. The summed E-state index contributed by atoms with van der Waals surface area (Å²) in [5, 5.41) is 5.95. The molecule has 0 aliphatic carbocycles. The van der Waals surface area contributed by atoms with Gasteiger partial charge in [-0.05, 0) is 26.8 Å². The van der Waals surface area contributed by atoms with Crippen molar-refractivity contribution in [3.63, 3.8) is 0 Å². The van der Waals surface area contributed by atoms with Crippen molar-refractivity contribution in [3.05, 3.63) is 17.6 Å². The zero-order valence-corrected chi connectivity index (χ0v) is 11.7. The highest BCUT2D eigenvalue weighted by molar-refractivity contribution is 5.79. The van der Waals surface area contributed by atoms with E-state index in [9.17, 15) is 4.79 Å². The van der Waals surface area contributed by atoms with E-state index in [1.54, 1.807) is 7.05 Å². The van der Waals surface area contributed by atoms with Gasteiger partial charge in [-0.15, -0.1) is 0 Å². The fourth-order valence-electron chi connectivity index (χ4n) is 2.52. The zero-order chi connectivity index (χ0) is 13.8. The lowest BCUT2D eigenvalue weighted by atomic mass is 10.1. The lowest BCUT2D eigenvalue weighted by Crippen LogP contribution is -2.37. The minimum absolute atomic E-state index is 0.0784. The minimum Gasteiger partial charge on any atom is -0.373 e. The molecule has 1 fully saturated rings. The SMILES string of the molecule is CNCC(=O)N1CCC[C@H]1c1cc(NC)nc(C)n1. The molecule has 0 unspecified atom stereocenters. The summed E-state index contributed by atoms with van der Waals surface area (Å²) in [7, 11) is 3.63. The monoisotopic (exact) mass is 263 g/mol. The number of rotatable bonds is 4. The highest BCUT2D eigenvalue weighted by Crippen LogP contribution is 2.31. The van der Waals surface area contributed by atoms with Gasteiger partial charge in [-0.1, -0.05) is 0 Å². The molecule has 2 N–H and O–H groups in total. The van der Waals surface area contributed by atoms with Crippen LogP contribution in [0.2, 0.25) is 0 Å². The molecule has 1 aromatic heterocycles. The highest BCUT2D eigenvalue weighted by atomic mass is 16.2. The van der Waals surface area contributed by atoms with Crippen molar-refractivity contribution in [2.24, 2.45) is 0 Å². The molecule has 6 heteroatoms. The van der Waals surface area contributed by atoms with Crippen LogP contribution in [-0.2, 0) is 4.79 Å². The van der Waals surface area contributed by atoms with Crippen LogP contribution >= 0.6 is 0 Å². The van der Waals surface area contributed by atoms with E-state index >= 15 is 0 Å². The number of hydrogen-bond donors (Lipinski definition) is 2. The van der Waals surface area contributed by atoms with Gasteiger partial charge in [0.05, 0.1) is 18.3 Å². The first-order chi connectivity index (χ1) is 9.15. The Morgan fingerprint density at radius 3 is 2.95 bits per heavy atom. The van der Waals surface area contributed by atoms with E-state index in [0.717, 1.165) is 36.7 Å². The van der Waals surface area contributed by atoms with Crippen molar-refractivity contribution in [2.45, 2.75) is 25.8 Å². The summed E-state index contributed by atoms with van der Waals surface area (Å²) >= 11 is 0. The van der Waals surface area contributed by atoms with Crippen LogP contribution in [0.5, 0.6) is 0 Å². The van der Waals surface area contributed by atoms with Gasteiger partial charge in [-0.2, -0.15) is 0 Å². The van der Waals surface area contributed by atoms with Crippen LogP contribution in [0.25, 0.3) is 0 Å². The molecule has 2 rings (SSSR count). The molecule has 1 atom stereocenters. The first-order valence-corrected chi connectivity index (χ1v) is 6.63. The van der Waals surface area contributed by atoms with Crippen molar-refractivity contribution < 1.29 is 4.79 Å². The molecule has 0 saturated carbocycles. The lowest BCUT2D eigenvalue weighted by molar-refractivity contribution is -0.131. The molecule has 1 aliphatic rings. The van der Waals surface area contributed by atoms with E-state index in [4.69, 9.17) is 0 Å².